The Morgan fingerprint density at radius 1 is 1.06 bits per heavy atom. The number of allylic oxidation sites excluding steroid dienone is 1. The summed E-state index contributed by atoms with van der Waals surface area (Å²) in [5.41, 5.74) is 2.59. The smallest absolute Gasteiger partial charge is 0.338 e. The average Bonchev–Trinajstić information content (AvgIpc) is 3.31. The van der Waals surface area contributed by atoms with Gasteiger partial charge in [0.25, 0.3) is 5.91 Å². The third-order valence-corrected chi connectivity index (χ3v) is 6.08. The van der Waals surface area contributed by atoms with E-state index in [4.69, 9.17) is 14.2 Å². The Balaban J connectivity index is 1.47. The SMILES string of the molecule is CCOC(=O)C1=C(C)N=C2SC=CN2C1c1cccc(OCC(=O)Nc2ccc(OCC)cc2)c1. The molecule has 0 saturated carbocycles. The molecule has 0 aliphatic carbocycles. The van der Waals surface area contributed by atoms with Gasteiger partial charge in [-0.25, -0.2) is 9.79 Å². The van der Waals surface area contributed by atoms with Crippen LogP contribution in [0.2, 0.25) is 0 Å². The first kappa shape index (κ1) is 24.4. The van der Waals surface area contributed by atoms with Crippen LogP contribution in [-0.2, 0) is 14.3 Å². The van der Waals surface area contributed by atoms with E-state index in [2.05, 4.69) is 10.3 Å². The Labute approximate surface area is 208 Å². The van der Waals surface area contributed by atoms with Crippen molar-refractivity contribution >= 4 is 34.5 Å². The molecule has 182 valence electrons. The van der Waals surface area contributed by atoms with Crippen LogP contribution in [0.1, 0.15) is 32.4 Å². The van der Waals surface area contributed by atoms with Gasteiger partial charge in [-0.05, 0) is 68.1 Å². The number of rotatable bonds is 9. The normalized spacial score (nSPS) is 16.5. The maximum Gasteiger partial charge on any atom is 0.338 e. The Bertz CT molecular complexity index is 1190. The van der Waals surface area contributed by atoms with E-state index in [0.717, 1.165) is 16.5 Å². The number of hydrogen-bond donors (Lipinski definition) is 1. The minimum atomic E-state index is -0.408. The zero-order chi connectivity index (χ0) is 24.8. The number of benzene rings is 2. The number of carbonyl (C=O) groups excluding carboxylic acids is 2. The molecule has 2 aromatic rings. The molecule has 1 atom stereocenters. The lowest BCUT2D eigenvalue weighted by molar-refractivity contribution is -0.139. The summed E-state index contributed by atoms with van der Waals surface area (Å²) in [6.07, 6.45) is 1.90. The van der Waals surface area contributed by atoms with Crippen LogP contribution in [0.15, 0.2) is 76.4 Å². The lowest BCUT2D eigenvalue weighted by atomic mass is 9.94. The van der Waals surface area contributed by atoms with Gasteiger partial charge in [0.1, 0.15) is 11.5 Å². The summed E-state index contributed by atoms with van der Waals surface area (Å²) in [5.74, 6) is 0.579. The number of amidine groups is 1. The summed E-state index contributed by atoms with van der Waals surface area (Å²) in [4.78, 5) is 31.7. The van der Waals surface area contributed by atoms with Crippen molar-refractivity contribution in [2.75, 3.05) is 25.1 Å². The summed E-state index contributed by atoms with van der Waals surface area (Å²) in [6.45, 7) is 6.20. The Morgan fingerprint density at radius 3 is 2.60 bits per heavy atom. The van der Waals surface area contributed by atoms with Crippen LogP contribution >= 0.6 is 11.8 Å². The molecule has 0 bridgehead atoms. The fraction of sp³-hybridized carbons (Fsp3) is 0.269. The van der Waals surface area contributed by atoms with Crippen molar-refractivity contribution in [3.63, 3.8) is 0 Å². The number of esters is 1. The third-order valence-electron chi connectivity index (χ3n) is 5.31. The van der Waals surface area contributed by atoms with Crippen molar-refractivity contribution < 1.29 is 23.8 Å². The number of hydrogen-bond acceptors (Lipinski definition) is 8. The highest BCUT2D eigenvalue weighted by atomic mass is 32.2. The molecule has 0 saturated heterocycles. The number of nitrogens with one attached hydrogen (secondary N) is 1. The van der Waals surface area contributed by atoms with E-state index in [1.54, 1.807) is 37.3 Å². The lowest BCUT2D eigenvalue weighted by Crippen LogP contribution is -2.34. The standard InChI is InChI=1S/C26H27N3O5S/c1-4-32-20-11-9-19(10-12-20)28-22(30)16-34-21-8-6-7-18(15-21)24-23(25(31)33-5-2)17(3)27-26-29(24)13-14-35-26/h6-15,24H,4-5,16H2,1-3H3,(H,28,30). The Kier molecular flexibility index (Phi) is 7.77. The van der Waals surface area contributed by atoms with E-state index in [9.17, 15) is 9.59 Å². The first-order valence-electron chi connectivity index (χ1n) is 11.3. The molecule has 2 heterocycles. The molecule has 0 radical (unpaired) electrons. The fourth-order valence-electron chi connectivity index (χ4n) is 3.82. The second-order valence-electron chi connectivity index (χ2n) is 7.69. The highest BCUT2D eigenvalue weighted by Crippen LogP contribution is 2.41. The molecule has 8 nitrogen and oxygen atoms in total. The highest BCUT2D eigenvalue weighted by molar-refractivity contribution is 8.16. The van der Waals surface area contributed by atoms with Crippen molar-refractivity contribution in [1.82, 2.24) is 4.90 Å². The molecule has 4 rings (SSSR count). The van der Waals surface area contributed by atoms with Crippen molar-refractivity contribution in [3.05, 3.63) is 77.0 Å². The number of aliphatic imine (C=N–C) groups is 1. The van der Waals surface area contributed by atoms with Gasteiger partial charge in [0.15, 0.2) is 11.8 Å². The van der Waals surface area contributed by atoms with Crippen LogP contribution < -0.4 is 14.8 Å². The second kappa shape index (κ2) is 11.1. The zero-order valence-electron chi connectivity index (χ0n) is 19.8. The van der Waals surface area contributed by atoms with E-state index >= 15 is 0 Å². The predicted octanol–water partition coefficient (Wildman–Crippen LogP) is 4.87. The minimum absolute atomic E-state index is 0.160. The van der Waals surface area contributed by atoms with Crippen molar-refractivity contribution in [1.29, 1.82) is 0 Å². The molecular weight excluding hydrogens is 466 g/mol. The maximum absolute atomic E-state index is 12.8. The van der Waals surface area contributed by atoms with Gasteiger partial charge in [-0.2, -0.15) is 0 Å². The summed E-state index contributed by atoms with van der Waals surface area (Å²) in [7, 11) is 0. The van der Waals surface area contributed by atoms with E-state index in [1.807, 2.05) is 48.6 Å². The lowest BCUT2D eigenvalue weighted by Gasteiger charge is -2.33. The van der Waals surface area contributed by atoms with Gasteiger partial charge in [0, 0.05) is 11.9 Å². The first-order valence-corrected chi connectivity index (χ1v) is 12.2. The van der Waals surface area contributed by atoms with Crippen LogP contribution in [0.5, 0.6) is 11.5 Å². The average molecular weight is 494 g/mol. The summed E-state index contributed by atoms with van der Waals surface area (Å²) >= 11 is 1.50. The molecule has 2 aliphatic heterocycles. The molecule has 2 aromatic carbocycles. The topological polar surface area (TPSA) is 89.5 Å². The van der Waals surface area contributed by atoms with Crippen molar-refractivity contribution in [2.24, 2.45) is 4.99 Å². The molecule has 2 aliphatic rings. The van der Waals surface area contributed by atoms with Crippen LogP contribution in [0, 0.1) is 0 Å². The summed E-state index contributed by atoms with van der Waals surface area (Å²) in [5, 5.41) is 5.53. The van der Waals surface area contributed by atoms with E-state index < -0.39 is 12.0 Å². The molecule has 0 fully saturated rings. The van der Waals surface area contributed by atoms with Crippen LogP contribution in [0.3, 0.4) is 0 Å². The second-order valence-corrected chi connectivity index (χ2v) is 8.57. The monoisotopic (exact) mass is 493 g/mol. The Morgan fingerprint density at radius 2 is 1.86 bits per heavy atom. The summed E-state index contributed by atoms with van der Waals surface area (Å²) < 4.78 is 16.5. The number of ether oxygens (including phenoxy) is 3. The molecule has 35 heavy (non-hydrogen) atoms. The van der Waals surface area contributed by atoms with Gasteiger partial charge < -0.3 is 24.4 Å². The van der Waals surface area contributed by atoms with Crippen LogP contribution in [0.4, 0.5) is 5.69 Å². The zero-order valence-corrected chi connectivity index (χ0v) is 20.6. The van der Waals surface area contributed by atoms with Crippen molar-refractivity contribution in [3.8, 4) is 11.5 Å². The van der Waals surface area contributed by atoms with Gasteiger partial charge in [0.2, 0.25) is 0 Å². The van der Waals surface area contributed by atoms with Crippen LogP contribution in [-0.4, -0.2) is 41.8 Å². The maximum atomic E-state index is 12.8. The van der Waals surface area contributed by atoms with Gasteiger partial charge in [-0.15, -0.1) is 0 Å². The van der Waals surface area contributed by atoms with Crippen molar-refractivity contribution in [2.45, 2.75) is 26.8 Å². The van der Waals surface area contributed by atoms with E-state index in [0.29, 0.717) is 29.3 Å². The fourth-order valence-corrected chi connectivity index (χ4v) is 4.61. The molecular formula is C26H27N3O5S. The number of anilines is 1. The van der Waals surface area contributed by atoms with Gasteiger partial charge in [-0.3, -0.25) is 4.79 Å². The number of fused-ring (bicyclic) bond motifs is 1. The highest BCUT2D eigenvalue weighted by Gasteiger charge is 2.37. The number of carbonyl (C=O) groups is 2. The third kappa shape index (κ3) is 5.68. The van der Waals surface area contributed by atoms with Crippen LogP contribution in [0.25, 0.3) is 0 Å². The molecule has 1 unspecified atom stereocenters. The molecule has 0 aromatic heterocycles. The number of thioether (sulfide) groups is 1. The van der Waals surface area contributed by atoms with Gasteiger partial charge in [-0.1, -0.05) is 23.9 Å². The number of nitrogens with zero attached hydrogens (tertiary/aromatic N) is 2. The molecule has 1 N–H and O–H groups in total. The molecule has 0 spiro atoms. The molecule has 1 amide bonds. The van der Waals surface area contributed by atoms with E-state index in [-0.39, 0.29) is 19.1 Å². The number of amides is 1. The minimum Gasteiger partial charge on any atom is -0.494 e. The van der Waals surface area contributed by atoms with E-state index in [1.165, 1.54) is 11.8 Å². The predicted molar refractivity (Wildman–Crippen MR) is 136 cm³/mol. The largest absolute Gasteiger partial charge is 0.494 e. The molecule has 9 heteroatoms. The van der Waals surface area contributed by atoms with Gasteiger partial charge in [0.05, 0.1) is 30.5 Å². The first-order chi connectivity index (χ1) is 17.0. The quantitative estimate of drug-likeness (QED) is 0.499. The van der Waals surface area contributed by atoms with Gasteiger partial charge >= 0.3 is 5.97 Å². The Hall–Kier alpha value is -3.72. The summed E-state index contributed by atoms with van der Waals surface area (Å²) in [6, 6.07) is 14.1.